The molecule has 27 heavy (non-hydrogen) atoms. The van der Waals surface area contributed by atoms with Crippen LogP contribution >= 0.6 is 0 Å². The van der Waals surface area contributed by atoms with Crippen molar-refractivity contribution in [2.24, 2.45) is 0 Å². The smallest absolute Gasteiger partial charge is 0.338 e. The summed E-state index contributed by atoms with van der Waals surface area (Å²) in [5.74, 6) is -1.08. The summed E-state index contributed by atoms with van der Waals surface area (Å²) in [4.78, 5) is 24.2. The number of ether oxygens (including phenoxy) is 3. The van der Waals surface area contributed by atoms with Gasteiger partial charge in [-0.3, -0.25) is 0 Å². The highest BCUT2D eigenvalue weighted by Crippen LogP contribution is 2.19. The number of hydrogen-bond donors (Lipinski definition) is 2. The lowest BCUT2D eigenvalue weighted by molar-refractivity contribution is -0.0327. The first-order valence-electron chi connectivity index (χ1n) is 8.87. The molecule has 1 atom stereocenters. The predicted octanol–water partition coefficient (Wildman–Crippen LogP) is 2.34. The monoisotopic (exact) mass is 382 g/mol. The lowest BCUT2D eigenvalue weighted by Crippen LogP contribution is -2.34. The largest absolute Gasteiger partial charge is 0.460 e. The summed E-state index contributed by atoms with van der Waals surface area (Å²) in [6.07, 6.45) is -0.858. The van der Waals surface area contributed by atoms with Crippen molar-refractivity contribution in [2.75, 3.05) is 19.8 Å². The first kappa shape index (κ1) is 23.1. The lowest BCUT2D eigenvalue weighted by Gasteiger charge is -2.27. The van der Waals surface area contributed by atoms with E-state index in [1.165, 1.54) is 24.3 Å². The van der Waals surface area contributed by atoms with Crippen LogP contribution in [0.3, 0.4) is 0 Å². The fourth-order valence-electron chi connectivity index (χ4n) is 2.29. The number of esters is 2. The zero-order valence-corrected chi connectivity index (χ0v) is 16.7. The zero-order chi connectivity index (χ0) is 20.7. The zero-order valence-electron chi connectivity index (χ0n) is 16.7. The molecule has 0 aliphatic carbocycles. The Bertz CT molecular complexity index is 614. The topological polar surface area (TPSA) is 102 Å². The third kappa shape index (κ3) is 8.99. The molecule has 0 aromatic heterocycles. The van der Waals surface area contributed by atoms with E-state index in [9.17, 15) is 14.7 Å². The van der Waals surface area contributed by atoms with E-state index >= 15 is 0 Å². The van der Waals surface area contributed by atoms with E-state index in [-0.39, 0.29) is 24.2 Å². The van der Waals surface area contributed by atoms with Gasteiger partial charge >= 0.3 is 11.9 Å². The van der Waals surface area contributed by atoms with Crippen LogP contribution < -0.4 is 0 Å². The molecule has 152 valence electrons. The van der Waals surface area contributed by atoms with Crippen molar-refractivity contribution in [3.05, 3.63) is 35.4 Å². The van der Waals surface area contributed by atoms with Crippen molar-refractivity contribution in [1.82, 2.24) is 0 Å². The van der Waals surface area contributed by atoms with E-state index in [1.54, 1.807) is 13.8 Å². The molecular formula is C20H30O7. The summed E-state index contributed by atoms with van der Waals surface area (Å²) >= 11 is 0. The van der Waals surface area contributed by atoms with Gasteiger partial charge in [0.1, 0.15) is 12.2 Å². The minimum absolute atomic E-state index is 0.107. The molecule has 0 bridgehead atoms. The van der Waals surface area contributed by atoms with Crippen LogP contribution in [0.25, 0.3) is 0 Å². The molecule has 0 amide bonds. The number of aliphatic hydroxyl groups excluding tert-OH is 2. The Morgan fingerprint density at radius 1 is 0.963 bits per heavy atom. The highest BCUT2D eigenvalue weighted by Gasteiger charge is 2.27. The van der Waals surface area contributed by atoms with Gasteiger partial charge in [0.05, 0.1) is 36.0 Å². The SMILES string of the molecule is CC(C)(C)OCCOC(=O)c1ccc(C(=O)OC(C)(C)CC(O)CO)cc1. The number of aliphatic hydroxyl groups is 2. The van der Waals surface area contributed by atoms with Gasteiger partial charge in [-0.1, -0.05) is 0 Å². The van der Waals surface area contributed by atoms with E-state index in [0.29, 0.717) is 12.2 Å². The van der Waals surface area contributed by atoms with E-state index in [1.807, 2.05) is 20.8 Å². The average molecular weight is 382 g/mol. The average Bonchev–Trinajstić information content (AvgIpc) is 2.56. The summed E-state index contributed by atoms with van der Waals surface area (Å²) < 4.78 is 16.0. The standard InChI is InChI=1S/C20H30O7/c1-19(2,3)26-11-10-25-17(23)14-6-8-15(9-7-14)18(24)27-20(4,5)12-16(22)13-21/h6-9,16,21-22H,10-13H2,1-5H3. The molecule has 7 nitrogen and oxygen atoms in total. The normalized spacial score (nSPS) is 13.1. The summed E-state index contributed by atoms with van der Waals surface area (Å²) in [7, 11) is 0. The lowest BCUT2D eigenvalue weighted by atomic mass is 10.0. The van der Waals surface area contributed by atoms with Gasteiger partial charge in [-0.25, -0.2) is 9.59 Å². The van der Waals surface area contributed by atoms with Crippen molar-refractivity contribution in [3.63, 3.8) is 0 Å². The molecule has 0 aliphatic rings. The number of rotatable bonds is 9. The van der Waals surface area contributed by atoms with Gasteiger partial charge < -0.3 is 24.4 Å². The van der Waals surface area contributed by atoms with Crippen molar-refractivity contribution >= 4 is 11.9 Å². The van der Waals surface area contributed by atoms with Gasteiger partial charge in [0.15, 0.2) is 0 Å². The second-order valence-corrected chi connectivity index (χ2v) is 7.86. The van der Waals surface area contributed by atoms with Gasteiger partial charge in [-0.05, 0) is 58.9 Å². The molecule has 1 aromatic rings. The highest BCUT2D eigenvalue weighted by atomic mass is 16.6. The number of carbonyl (C=O) groups is 2. The maximum Gasteiger partial charge on any atom is 0.338 e. The number of hydrogen-bond acceptors (Lipinski definition) is 7. The van der Waals surface area contributed by atoms with E-state index < -0.39 is 30.3 Å². The van der Waals surface area contributed by atoms with Crippen LogP contribution in [0, 0.1) is 0 Å². The Kier molecular flexibility index (Phi) is 8.40. The second-order valence-electron chi connectivity index (χ2n) is 7.86. The number of carbonyl (C=O) groups excluding carboxylic acids is 2. The van der Waals surface area contributed by atoms with Crippen LogP contribution in [0.4, 0.5) is 0 Å². The maximum absolute atomic E-state index is 12.2. The Balaban J connectivity index is 2.57. The Labute approximate surface area is 160 Å². The Morgan fingerprint density at radius 3 is 1.96 bits per heavy atom. The van der Waals surface area contributed by atoms with Gasteiger partial charge in [0.2, 0.25) is 0 Å². The Morgan fingerprint density at radius 2 is 1.48 bits per heavy atom. The van der Waals surface area contributed by atoms with Crippen LogP contribution in [0.1, 0.15) is 61.8 Å². The molecular weight excluding hydrogens is 352 g/mol. The Hall–Kier alpha value is -1.96. The minimum Gasteiger partial charge on any atom is -0.460 e. The molecule has 2 N–H and O–H groups in total. The van der Waals surface area contributed by atoms with E-state index in [4.69, 9.17) is 19.3 Å². The molecule has 1 aromatic carbocycles. The molecule has 0 saturated carbocycles. The molecule has 0 fully saturated rings. The number of benzene rings is 1. The van der Waals surface area contributed by atoms with Gasteiger partial charge in [0, 0.05) is 6.42 Å². The molecule has 0 aliphatic heterocycles. The molecule has 0 radical (unpaired) electrons. The van der Waals surface area contributed by atoms with Gasteiger partial charge in [-0.15, -0.1) is 0 Å². The quantitative estimate of drug-likeness (QED) is 0.499. The fraction of sp³-hybridized carbons (Fsp3) is 0.600. The van der Waals surface area contributed by atoms with Crippen molar-refractivity contribution in [3.8, 4) is 0 Å². The van der Waals surface area contributed by atoms with Gasteiger partial charge in [-0.2, -0.15) is 0 Å². The molecule has 1 rings (SSSR count). The highest BCUT2D eigenvalue weighted by molar-refractivity contribution is 5.93. The van der Waals surface area contributed by atoms with Crippen LogP contribution in [-0.4, -0.2) is 59.3 Å². The van der Waals surface area contributed by atoms with Crippen LogP contribution in [-0.2, 0) is 14.2 Å². The van der Waals surface area contributed by atoms with E-state index in [2.05, 4.69) is 0 Å². The molecule has 7 heteroatoms. The fourth-order valence-corrected chi connectivity index (χ4v) is 2.29. The summed E-state index contributed by atoms with van der Waals surface area (Å²) in [6.45, 7) is 9.08. The van der Waals surface area contributed by atoms with Crippen molar-refractivity contribution in [2.45, 2.75) is 58.3 Å². The maximum atomic E-state index is 12.2. The molecule has 0 spiro atoms. The van der Waals surface area contributed by atoms with E-state index in [0.717, 1.165) is 0 Å². The van der Waals surface area contributed by atoms with Crippen LogP contribution in [0.15, 0.2) is 24.3 Å². The van der Waals surface area contributed by atoms with Crippen LogP contribution in [0.2, 0.25) is 0 Å². The molecule has 1 unspecified atom stereocenters. The third-order valence-electron chi connectivity index (χ3n) is 3.51. The third-order valence-corrected chi connectivity index (χ3v) is 3.51. The predicted molar refractivity (Wildman–Crippen MR) is 99.6 cm³/mol. The first-order chi connectivity index (χ1) is 12.4. The van der Waals surface area contributed by atoms with Gasteiger partial charge in [0.25, 0.3) is 0 Å². The van der Waals surface area contributed by atoms with Crippen LogP contribution in [0.5, 0.6) is 0 Å². The summed E-state index contributed by atoms with van der Waals surface area (Å²) in [5.41, 5.74) is -0.647. The van der Waals surface area contributed by atoms with Crippen molar-refractivity contribution in [1.29, 1.82) is 0 Å². The van der Waals surface area contributed by atoms with Crippen molar-refractivity contribution < 1.29 is 34.0 Å². The first-order valence-corrected chi connectivity index (χ1v) is 8.87. The summed E-state index contributed by atoms with van der Waals surface area (Å²) in [6, 6.07) is 5.92. The summed E-state index contributed by atoms with van der Waals surface area (Å²) in [5, 5.41) is 18.4. The second kappa shape index (κ2) is 9.82. The molecule has 0 saturated heterocycles. The molecule has 0 heterocycles. The minimum atomic E-state index is -0.966.